The van der Waals surface area contributed by atoms with Gasteiger partial charge in [0.15, 0.2) is 0 Å². The minimum Gasteiger partial charge on any atom is -0.463 e. The van der Waals surface area contributed by atoms with Crippen molar-refractivity contribution in [2.45, 2.75) is 55.3 Å². The van der Waals surface area contributed by atoms with Crippen molar-refractivity contribution in [3.05, 3.63) is 11.6 Å². The number of carbonyl (C=O) groups is 1. The maximum absolute atomic E-state index is 13.8. The molecule has 0 spiro atoms. The fraction of sp³-hybridized carbons (Fsp3) is 0.769. The van der Waals surface area contributed by atoms with Crippen molar-refractivity contribution in [1.82, 2.24) is 0 Å². The molecule has 0 aromatic rings. The average molecular weight is 500 g/mol. The number of allylic oxidation sites excluding steroid dienone is 1. The monoisotopic (exact) mass is 500 g/mol. The van der Waals surface area contributed by atoms with Gasteiger partial charge < -0.3 is 4.74 Å². The van der Waals surface area contributed by atoms with Crippen molar-refractivity contribution in [3.8, 4) is 0 Å². The average Bonchev–Trinajstić information content (AvgIpc) is 2.54. The van der Waals surface area contributed by atoms with Gasteiger partial charge in [-0.05, 0) is 6.42 Å². The fourth-order valence-electron chi connectivity index (χ4n) is 1.63. The first-order valence-electron chi connectivity index (χ1n) is 7.26. The van der Waals surface area contributed by atoms with Gasteiger partial charge in [-0.1, -0.05) is 6.92 Å². The third kappa shape index (κ3) is 4.80. The SMILES string of the molecule is CCCOC(=O)C=C(C(F)(F)C(F)(F)C(F)(F)F)C(F)(F)C(F)(F)C(F)(F)C(F)(F)F. The maximum atomic E-state index is 13.8. The second kappa shape index (κ2) is 8.22. The molecule has 0 aliphatic rings. The standard InChI is InChI=1S/C13H8F16O2/c1-2-3-31-6(30)4-5(8(16,17)10(20,21)12(24,25)26)7(14,15)9(18,19)11(22,23)13(27,28)29/h4H,2-3H2,1H3. The highest BCUT2D eigenvalue weighted by atomic mass is 19.4. The van der Waals surface area contributed by atoms with Crippen LogP contribution in [0.2, 0.25) is 0 Å². The van der Waals surface area contributed by atoms with Gasteiger partial charge in [0.25, 0.3) is 0 Å². The summed E-state index contributed by atoms with van der Waals surface area (Å²) in [6.07, 6.45) is -17.2. The summed E-state index contributed by atoms with van der Waals surface area (Å²) in [4.78, 5) is 11.1. The molecule has 0 aromatic carbocycles. The van der Waals surface area contributed by atoms with Gasteiger partial charge in [-0.15, -0.1) is 0 Å². The lowest BCUT2D eigenvalue weighted by Crippen LogP contribution is -2.65. The quantitative estimate of drug-likeness (QED) is 0.227. The minimum absolute atomic E-state index is 0.289. The molecule has 0 unspecified atom stereocenters. The molecule has 0 atom stereocenters. The summed E-state index contributed by atoms with van der Waals surface area (Å²) in [5.41, 5.74) is -4.68. The summed E-state index contributed by atoms with van der Waals surface area (Å²) in [5.74, 6) is -41.9. The fourth-order valence-corrected chi connectivity index (χ4v) is 1.63. The van der Waals surface area contributed by atoms with Crippen molar-refractivity contribution in [2.24, 2.45) is 0 Å². The van der Waals surface area contributed by atoms with Crippen molar-refractivity contribution >= 4 is 5.97 Å². The molecule has 0 saturated heterocycles. The van der Waals surface area contributed by atoms with Gasteiger partial charge in [0.2, 0.25) is 0 Å². The molecule has 0 rings (SSSR count). The van der Waals surface area contributed by atoms with E-state index >= 15 is 0 Å². The van der Waals surface area contributed by atoms with Crippen LogP contribution in [0.25, 0.3) is 0 Å². The molecule has 0 radical (unpaired) electrons. The van der Waals surface area contributed by atoms with Crippen molar-refractivity contribution in [2.75, 3.05) is 6.61 Å². The zero-order valence-corrected chi connectivity index (χ0v) is 14.4. The normalized spacial score (nSPS) is 15.8. The van der Waals surface area contributed by atoms with Crippen LogP contribution in [-0.2, 0) is 9.53 Å². The maximum Gasteiger partial charge on any atom is 0.460 e. The topological polar surface area (TPSA) is 26.3 Å². The number of ether oxygens (including phenoxy) is 1. The number of alkyl halides is 16. The Labute approximate surface area is 160 Å². The van der Waals surface area contributed by atoms with Gasteiger partial charge in [-0.25, -0.2) is 4.79 Å². The van der Waals surface area contributed by atoms with Crippen LogP contribution in [0.4, 0.5) is 70.2 Å². The summed E-state index contributed by atoms with van der Waals surface area (Å²) in [6, 6.07) is 0. The van der Waals surface area contributed by atoms with Gasteiger partial charge in [0.1, 0.15) is 0 Å². The van der Waals surface area contributed by atoms with E-state index in [1.54, 1.807) is 0 Å². The number of esters is 1. The van der Waals surface area contributed by atoms with E-state index in [0.717, 1.165) is 6.92 Å². The largest absolute Gasteiger partial charge is 0.463 e. The Morgan fingerprint density at radius 2 is 1.00 bits per heavy atom. The number of carbonyl (C=O) groups excluding carboxylic acids is 1. The van der Waals surface area contributed by atoms with Crippen molar-refractivity contribution < 1.29 is 79.8 Å². The summed E-state index contributed by atoms with van der Waals surface area (Å²) in [7, 11) is 0. The second-order valence-electron chi connectivity index (χ2n) is 5.59. The van der Waals surface area contributed by atoms with Crippen molar-refractivity contribution in [3.63, 3.8) is 0 Å². The Hall–Kier alpha value is -1.91. The van der Waals surface area contributed by atoms with Crippen LogP contribution < -0.4 is 0 Å². The Morgan fingerprint density at radius 3 is 1.32 bits per heavy atom. The third-order valence-corrected chi connectivity index (χ3v) is 3.28. The van der Waals surface area contributed by atoms with Gasteiger partial charge in [0.05, 0.1) is 12.2 Å². The highest BCUT2D eigenvalue weighted by Crippen LogP contribution is 2.60. The molecule has 0 aromatic heterocycles. The van der Waals surface area contributed by atoms with Crippen LogP contribution in [0.3, 0.4) is 0 Å². The molecule has 0 amide bonds. The Kier molecular flexibility index (Phi) is 7.71. The molecule has 0 saturated carbocycles. The van der Waals surface area contributed by atoms with Crippen LogP contribution in [-0.4, -0.2) is 54.5 Å². The highest BCUT2D eigenvalue weighted by molar-refractivity contribution is 5.83. The zero-order chi connectivity index (χ0) is 25.5. The van der Waals surface area contributed by atoms with Crippen LogP contribution in [0.1, 0.15) is 13.3 Å². The number of rotatable bonds is 8. The Bertz CT molecular complexity index is 685. The van der Waals surface area contributed by atoms with Crippen LogP contribution in [0, 0.1) is 0 Å². The molecule has 2 nitrogen and oxygen atoms in total. The van der Waals surface area contributed by atoms with E-state index < -0.39 is 66.2 Å². The minimum atomic E-state index is -8.07. The lowest BCUT2D eigenvalue weighted by atomic mass is 9.89. The van der Waals surface area contributed by atoms with Crippen molar-refractivity contribution in [1.29, 1.82) is 0 Å². The predicted molar refractivity (Wildman–Crippen MR) is 66.2 cm³/mol. The molecule has 0 aliphatic heterocycles. The van der Waals surface area contributed by atoms with E-state index in [0.29, 0.717) is 0 Å². The lowest BCUT2D eigenvalue weighted by Gasteiger charge is -2.38. The van der Waals surface area contributed by atoms with Crippen LogP contribution in [0.15, 0.2) is 11.6 Å². The third-order valence-electron chi connectivity index (χ3n) is 3.28. The van der Waals surface area contributed by atoms with Crippen LogP contribution in [0.5, 0.6) is 0 Å². The molecule has 0 fully saturated rings. The lowest BCUT2D eigenvalue weighted by molar-refractivity contribution is -0.398. The van der Waals surface area contributed by atoms with Crippen LogP contribution >= 0.6 is 0 Å². The predicted octanol–water partition coefficient (Wildman–Crippen LogP) is 6.17. The Balaban J connectivity index is 7.07. The summed E-state index contributed by atoms with van der Waals surface area (Å²) in [5, 5.41) is 0. The molecular weight excluding hydrogens is 492 g/mol. The Morgan fingerprint density at radius 1 is 0.645 bits per heavy atom. The first kappa shape index (κ1) is 29.1. The van der Waals surface area contributed by atoms with Gasteiger partial charge >= 0.3 is 47.9 Å². The zero-order valence-electron chi connectivity index (χ0n) is 14.4. The number of halogens is 16. The number of hydrogen-bond donors (Lipinski definition) is 0. The smallest absolute Gasteiger partial charge is 0.460 e. The summed E-state index contributed by atoms with van der Waals surface area (Å²) in [6.45, 7) is 0.168. The molecule has 18 heteroatoms. The summed E-state index contributed by atoms with van der Waals surface area (Å²) < 4.78 is 210. The molecule has 0 heterocycles. The molecule has 0 bridgehead atoms. The van der Waals surface area contributed by atoms with E-state index in [9.17, 15) is 75.0 Å². The van der Waals surface area contributed by atoms with Gasteiger partial charge in [-0.3, -0.25) is 0 Å². The molecule has 0 aliphatic carbocycles. The second-order valence-corrected chi connectivity index (χ2v) is 5.59. The molecule has 31 heavy (non-hydrogen) atoms. The van der Waals surface area contributed by atoms with E-state index in [1.807, 2.05) is 0 Å². The van der Waals surface area contributed by atoms with E-state index in [2.05, 4.69) is 4.74 Å². The van der Waals surface area contributed by atoms with Gasteiger partial charge in [-0.2, -0.15) is 70.2 Å². The highest BCUT2D eigenvalue weighted by Gasteiger charge is 2.86. The molecular formula is C13H8F16O2. The van der Waals surface area contributed by atoms with E-state index in [4.69, 9.17) is 0 Å². The number of hydrogen-bond acceptors (Lipinski definition) is 2. The first-order chi connectivity index (χ1) is 13.3. The van der Waals surface area contributed by atoms with Gasteiger partial charge in [0, 0.05) is 6.08 Å². The first-order valence-corrected chi connectivity index (χ1v) is 7.26. The molecule has 0 N–H and O–H groups in total. The van der Waals surface area contributed by atoms with E-state index in [1.165, 1.54) is 0 Å². The van der Waals surface area contributed by atoms with E-state index in [-0.39, 0.29) is 6.42 Å². The summed E-state index contributed by atoms with van der Waals surface area (Å²) >= 11 is 0. The molecule has 184 valence electrons.